The number of benzene rings is 1. The van der Waals surface area contributed by atoms with Gasteiger partial charge in [0.1, 0.15) is 5.75 Å². The Morgan fingerprint density at radius 2 is 2.23 bits per heavy atom. The molecular formula is C9H9N3O. The highest BCUT2D eigenvalue weighted by Crippen LogP contribution is 2.37. The molecule has 4 nitrogen and oxygen atoms in total. The van der Waals surface area contributed by atoms with Crippen LogP contribution in [-0.4, -0.2) is 20.1 Å². The molecule has 1 N–H and O–H groups in total. The third-order valence-corrected chi connectivity index (χ3v) is 2.37. The summed E-state index contributed by atoms with van der Waals surface area (Å²) in [6, 6.07) is 5.90. The summed E-state index contributed by atoms with van der Waals surface area (Å²) in [5, 5.41) is 17.4. The third-order valence-electron chi connectivity index (χ3n) is 2.37. The normalized spacial score (nSPS) is 16.6. The van der Waals surface area contributed by atoms with Crippen LogP contribution in [-0.2, 0) is 0 Å². The van der Waals surface area contributed by atoms with E-state index in [9.17, 15) is 5.11 Å². The van der Waals surface area contributed by atoms with Crippen molar-refractivity contribution in [2.45, 2.75) is 18.9 Å². The van der Waals surface area contributed by atoms with Gasteiger partial charge in [0, 0.05) is 0 Å². The number of fused-ring (bicyclic) bond motifs is 1. The Labute approximate surface area is 74.8 Å². The number of phenolic OH excluding ortho intramolecular Hbond substituents is 1. The van der Waals surface area contributed by atoms with Crippen molar-refractivity contribution in [1.29, 1.82) is 0 Å². The lowest BCUT2D eigenvalue weighted by Gasteiger charge is -1.97. The molecule has 0 amide bonds. The number of nitrogens with zero attached hydrogens (tertiary/aromatic N) is 3. The van der Waals surface area contributed by atoms with Gasteiger partial charge in [-0.05, 0) is 25.0 Å². The molecule has 1 aromatic carbocycles. The summed E-state index contributed by atoms with van der Waals surface area (Å²) >= 11 is 0. The molecule has 0 unspecified atom stereocenters. The maximum absolute atomic E-state index is 9.47. The predicted molar refractivity (Wildman–Crippen MR) is 47.5 cm³/mol. The van der Waals surface area contributed by atoms with Crippen LogP contribution in [0.3, 0.4) is 0 Å². The van der Waals surface area contributed by atoms with E-state index in [-0.39, 0.29) is 5.75 Å². The molecule has 0 aliphatic heterocycles. The molecule has 1 aliphatic rings. The van der Waals surface area contributed by atoms with Gasteiger partial charge >= 0.3 is 0 Å². The topological polar surface area (TPSA) is 50.9 Å². The van der Waals surface area contributed by atoms with Gasteiger partial charge in [0.05, 0.1) is 11.6 Å². The van der Waals surface area contributed by atoms with Crippen LogP contribution in [0.5, 0.6) is 5.75 Å². The second kappa shape index (κ2) is 2.22. The Balaban J connectivity index is 2.32. The Morgan fingerprint density at radius 1 is 1.38 bits per heavy atom. The van der Waals surface area contributed by atoms with E-state index in [1.54, 1.807) is 6.07 Å². The van der Waals surface area contributed by atoms with Crippen LogP contribution in [0.15, 0.2) is 18.2 Å². The second-order valence-corrected chi connectivity index (χ2v) is 3.41. The molecule has 4 heteroatoms. The highest BCUT2D eigenvalue weighted by molar-refractivity contribution is 5.80. The lowest BCUT2D eigenvalue weighted by molar-refractivity contribution is 0.480. The average Bonchev–Trinajstić information content (AvgIpc) is 2.87. The van der Waals surface area contributed by atoms with E-state index in [1.165, 1.54) is 12.8 Å². The minimum atomic E-state index is 0.212. The molecule has 1 heterocycles. The molecule has 13 heavy (non-hydrogen) atoms. The van der Waals surface area contributed by atoms with Gasteiger partial charge in [-0.15, -0.1) is 5.10 Å². The van der Waals surface area contributed by atoms with Crippen LogP contribution in [0, 0.1) is 0 Å². The molecule has 0 spiro atoms. The minimum absolute atomic E-state index is 0.212. The third kappa shape index (κ3) is 0.915. The van der Waals surface area contributed by atoms with E-state index >= 15 is 0 Å². The maximum atomic E-state index is 9.47. The van der Waals surface area contributed by atoms with E-state index in [0.29, 0.717) is 11.6 Å². The second-order valence-electron chi connectivity index (χ2n) is 3.41. The van der Waals surface area contributed by atoms with E-state index in [2.05, 4.69) is 10.3 Å². The van der Waals surface area contributed by atoms with Crippen molar-refractivity contribution >= 4 is 11.0 Å². The lowest BCUT2D eigenvalue weighted by Crippen LogP contribution is -1.95. The number of rotatable bonds is 1. The largest absolute Gasteiger partial charge is 0.506 e. The molecule has 1 fully saturated rings. The van der Waals surface area contributed by atoms with Crippen LogP contribution >= 0.6 is 0 Å². The fourth-order valence-electron chi connectivity index (χ4n) is 1.54. The van der Waals surface area contributed by atoms with E-state index in [1.807, 2.05) is 16.8 Å². The van der Waals surface area contributed by atoms with Gasteiger partial charge in [-0.25, -0.2) is 4.68 Å². The summed E-state index contributed by atoms with van der Waals surface area (Å²) in [4.78, 5) is 0. The quantitative estimate of drug-likeness (QED) is 0.714. The Hall–Kier alpha value is -1.58. The van der Waals surface area contributed by atoms with Gasteiger partial charge in [-0.3, -0.25) is 0 Å². The lowest BCUT2D eigenvalue weighted by atomic mass is 10.3. The van der Waals surface area contributed by atoms with Crippen molar-refractivity contribution in [3.8, 4) is 5.75 Å². The Bertz CT molecular complexity index is 459. The van der Waals surface area contributed by atoms with Gasteiger partial charge in [-0.1, -0.05) is 11.3 Å². The molecule has 2 aromatic rings. The first-order valence-corrected chi connectivity index (χ1v) is 4.39. The zero-order chi connectivity index (χ0) is 8.84. The van der Waals surface area contributed by atoms with Crippen LogP contribution in [0.1, 0.15) is 18.9 Å². The van der Waals surface area contributed by atoms with Crippen LogP contribution in [0.2, 0.25) is 0 Å². The van der Waals surface area contributed by atoms with Gasteiger partial charge in [0.25, 0.3) is 0 Å². The van der Waals surface area contributed by atoms with Gasteiger partial charge in [0.2, 0.25) is 0 Å². The highest BCUT2D eigenvalue weighted by Gasteiger charge is 2.26. The maximum Gasteiger partial charge on any atom is 0.154 e. The molecule has 0 bridgehead atoms. The van der Waals surface area contributed by atoms with Crippen LogP contribution in [0.25, 0.3) is 11.0 Å². The fraction of sp³-hybridized carbons (Fsp3) is 0.333. The zero-order valence-corrected chi connectivity index (χ0v) is 7.01. The molecule has 66 valence electrons. The van der Waals surface area contributed by atoms with E-state index in [0.717, 1.165) is 5.52 Å². The highest BCUT2D eigenvalue weighted by atomic mass is 16.3. The minimum Gasteiger partial charge on any atom is -0.506 e. The number of aromatic hydroxyl groups is 1. The van der Waals surface area contributed by atoms with Crippen molar-refractivity contribution < 1.29 is 5.11 Å². The predicted octanol–water partition coefficient (Wildman–Crippen LogP) is 1.47. The van der Waals surface area contributed by atoms with Crippen molar-refractivity contribution in [3.05, 3.63) is 18.2 Å². The summed E-state index contributed by atoms with van der Waals surface area (Å²) in [5.41, 5.74) is 1.54. The van der Waals surface area contributed by atoms with Crippen molar-refractivity contribution in [3.63, 3.8) is 0 Å². The van der Waals surface area contributed by atoms with Crippen LogP contribution in [0.4, 0.5) is 0 Å². The van der Waals surface area contributed by atoms with Gasteiger partial charge in [-0.2, -0.15) is 0 Å². The van der Waals surface area contributed by atoms with Crippen molar-refractivity contribution in [1.82, 2.24) is 15.0 Å². The van der Waals surface area contributed by atoms with Gasteiger partial charge < -0.3 is 5.11 Å². The smallest absolute Gasteiger partial charge is 0.154 e. The first-order chi connectivity index (χ1) is 6.36. The summed E-state index contributed by atoms with van der Waals surface area (Å²) in [5.74, 6) is 0.212. The SMILES string of the molecule is Oc1cccc2c1nnn2C1CC1. The summed E-state index contributed by atoms with van der Waals surface area (Å²) in [6.07, 6.45) is 2.35. The summed E-state index contributed by atoms with van der Waals surface area (Å²) in [7, 11) is 0. The number of phenols is 1. The monoisotopic (exact) mass is 175 g/mol. The molecule has 3 rings (SSSR count). The molecule has 1 aliphatic carbocycles. The van der Waals surface area contributed by atoms with Crippen LogP contribution < -0.4 is 0 Å². The van der Waals surface area contributed by atoms with E-state index < -0.39 is 0 Å². The molecule has 1 aromatic heterocycles. The average molecular weight is 175 g/mol. The van der Waals surface area contributed by atoms with E-state index in [4.69, 9.17) is 0 Å². The van der Waals surface area contributed by atoms with Crippen molar-refractivity contribution in [2.75, 3.05) is 0 Å². The zero-order valence-electron chi connectivity index (χ0n) is 7.01. The molecule has 0 atom stereocenters. The fourth-order valence-corrected chi connectivity index (χ4v) is 1.54. The molecule has 0 saturated heterocycles. The van der Waals surface area contributed by atoms with Gasteiger partial charge in [0.15, 0.2) is 5.52 Å². The summed E-state index contributed by atoms with van der Waals surface area (Å²) in [6.45, 7) is 0. The first kappa shape index (κ1) is 6.88. The Kier molecular flexibility index (Phi) is 1.17. The first-order valence-electron chi connectivity index (χ1n) is 4.39. The molecule has 1 saturated carbocycles. The molecular weight excluding hydrogens is 166 g/mol. The standard InChI is InChI=1S/C9H9N3O/c13-8-3-1-2-7-9(8)10-11-12(7)6-4-5-6/h1-3,6,13H,4-5H2. The number of hydrogen-bond donors (Lipinski definition) is 1. The number of aromatic nitrogens is 3. The van der Waals surface area contributed by atoms with Crippen molar-refractivity contribution in [2.24, 2.45) is 0 Å². The molecule has 0 radical (unpaired) electrons. The Morgan fingerprint density at radius 3 is 3.00 bits per heavy atom. The number of hydrogen-bond acceptors (Lipinski definition) is 3. The summed E-state index contributed by atoms with van der Waals surface area (Å²) < 4.78 is 1.90.